The molecule has 0 bridgehead atoms. The van der Waals surface area contributed by atoms with Crippen LogP contribution >= 0.6 is 11.6 Å². The Hall–Kier alpha value is -3.57. The Labute approximate surface area is 165 Å². The fraction of sp³-hybridized carbons (Fsp3) is 0. The fourth-order valence-corrected chi connectivity index (χ4v) is 3.14. The zero-order valence-corrected chi connectivity index (χ0v) is 15.2. The van der Waals surface area contributed by atoms with E-state index in [0.29, 0.717) is 27.3 Å². The van der Waals surface area contributed by atoms with Gasteiger partial charge >= 0.3 is 0 Å². The summed E-state index contributed by atoms with van der Waals surface area (Å²) in [5.41, 5.74) is 1.70. The molecule has 5 nitrogen and oxygen atoms in total. The number of amides is 1. The highest BCUT2D eigenvalue weighted by molar-refractivity contribution is 6.40. The summed E-state index contributed by atoms with van der Waals surface area (Å²) in [5, 5.41) is 11.2. The predicted octanol–water partition coefficient (Wildman–Crippen LogP) is 4.53. The summed E-state index contributed by atoms with van der Waals surface area (Å²) < 4.78 is 0. The Bertz CT molecular complexity index is 1150. The van der Waals surface area contributed by atoms with Crippen LogP contribution < -0.4 is 0 Å². The number of ketones is 1. The molecular formula is C22H13ClN2O3. The Kier molecular flexibility index (Phi) is 4.59. The van der Waals surface area contributed by atoms with Gasteiger partial charge in [0.25, 0.3) is 5.91 Å². The van der Waals surface area contributed by atoms with Crippen LogP contribution in [0.3, 0.4) is 0 Å². The second kappa shape index (κ2) is 7.21. The number of fused-ring (bicyclic) bond motifs is 1. The van der Waals surface area contributed by atoms with E-state index >= 15 is 0 Å². The van der Waals surface area contributed by atoms with E-state index < -0.39 is 5.91 Å². The van der Waals surface area contributed by atoms with Crippen LogP contribution in [0.15, 0.2) is 83.6 Å². The average molecular weight is 389 g/mol. The summed E-state index contributed by atoms with van der Waals surface area (Å²) >= 11 is 5.87. The quantitative estimate of drug-likeness (QED) is 0.668. The number of hydrogen-bond donors (Lipinski definition) is 1. The molecule has 1 heterocycles. The summed E-state index contributed by atoms with van der Waals surface area (Å²) in [5.74, 6) is -1.12. The molecule has 0 fully saturated rings. The fourth-order valence-electron chi connectivity index (χ4n) is 3.02. The molecule has 136 valence electrons. The van der Waals surface area contributed by atoms with Crippen LogP contribution in [0.2, 0.25) is 5.02 Å². The first kappa shape index (κ1) is 17.8. The normalized spacial score (nSPS) is 13.6. The van der Waals surface area contributed by atoms with Gasteiger partial charge in [0, 0.05) is 39.7 Å². The van der Waals surface area contributed by atoms with E-state index in [1.807, 2.05) is 0 Å². The number of hydrogen-bond acceptors (Lipinski definition) is 4. The number of nitrogens with zero attached hydrogens (tertiary/aromatic N) is 2. The van der Waals surface area contributed by atoms with E-state index in [2.05, 4.69) is 9.98 Å². The molecule has 0 saturated heterocycles. The van der Waals surface area contributed by atoms with Gasteiger partial charge in [0.05, 0.1) is 11.3 Å². The summed E-state index contributed by atoms with van der Waals surface area (Å²) in [7, 11) is 0. The van der Waals surface area contributed by atoms with Gasteiger partial charge in [-0.3, -0.25) is 14.6 Å². The Balaban J connectivity index is 1.87. The van der Waals surface area contributed by atoms with Crippen LogP contribution in [0.5, 0.6) is 0 Å². The molecule has 0 atom stereocenters. The van der Waals surface area contributed by atoms with Crippen molar-refractivity contribution in [2.24, 2.45) is 4.99 Å². The number of pyridine rings is 1. The number of carbonyl (C=O) groups is 2. The molecule has 1 amide bonds. The highest BCUT2D eigenvalue weighted by Crippen LogP contribution is 2.33. The van der Waals surface area contributed by atoms with Crippen molar-refractivity contribution in [1.82, 2.24) is 4.98 Å². The number of aliphatic imine (C=N–C) groups is 1. The molecule has 0 radical (unpaired) electrons. The van der Waals surface area contributed by atoms with Crippen molar-refractivity contribution in [3.63, 3.8) is 0 Å². The SMILES string of the molecule is O=C(N=C(C1=C(O)c2ccccc2C1=O)c1ccncc1)c1ccc(Cl)cc1. The first-order valence-corrected chi connectivity index (χ1v) is 8.81. The number of aromatic nitrogens is 1. The molecular weight excluding hydrogens is 376 g/mol. The highest BCUT2D eigenvalue weighted by Gasteiger charge is 2.33. The van der Waals surface area contributed by atoms with E-state index in [-0.39, 0.29) is 22.8 Å². The first-order chi connectivity index (χ1) is 13.6. The number of allylic oxidation sites excluding steroid dienone is 1. The Morgan fingerprint density at radius 1 is 0.893 bits per heavy atom. The van der Waals surface area contributed by atoms with Crippen LogP contribution in [0, 0.1) is 0 Å². The maximum absolute atomic E-state index is 12.9. The van der Waals surface area contributed by atoms with Gasteiger partial charge in [-0.05, 0) is 36.4 Å². The molecule has 1 aliphatic rings. The minimum Gasteiger partial charge on any atom is -0.506 e. The van der Waals surface area contributed by atoms with E-state index in [9.17, 15) is 14.7 Å². The van der Waals surface area contributed by atoms with Gasteiger partial charge < -0.3 is 5.11 Å². The molecule has 2 aromatic carbocycles. The number of aliphatic hydroxyl groups excluding tert-OH is 1. The lowest BCUT2D eigenvalue weighted by Crippen LogP contribution is -2.15. The van der Waals surface area contributed by atoms with Crippen molar-refractivity contribution < 1.29 is 14.7 Å². The molecule has 0 aliphatic heterocycles. The molecule has 3 aromatic rings. The van der Waals surface area contributed by atoms with Crippen molar-refractivity contribution in [2.75, 3.05) is 0 Å². The number of carbonyl (C=O) groups excluding carboxylic acids is 2. The number of benzene rings is 2. The standard InChI is InChI=1S/C22H13ClN2O3/c23-15-7-5-14(6-8-15)22(28)25-19(13-9-11-24-12-10-13)18-20(26)16-3-1-2-4-17(16)21(18)27/h1-12,26H. The largest absolute Gasteiger partial charge is 0.506 e. The lowest BCUT2D eigenvalue weighted by molar-refractivity contribution is 0.100. The molecule has 0 saturated carbocycles. The molecule has 0 spiro atoms. The second-order valence-corrected chi connectivity index (χ2v) is 6.54. The van der Waals surface area contributed by atoms with Crippen molar-refractivity contribution in [3.8, 4) is 0 Å². The molecule has 6 heteroatoms. The van der Waals surface area contributed by atoms with Crippen LogP contribution in [-0.4, -0.2) is 27.5 Å². The third-order valence-corrected chi connectivity index (χ3v) is 4.64. The lowest BCUT2D eigenvalue weighted by atomic mass is 9.99. The van der Waals surface area contributed by atoms with E-state index in [4.69, 9.17) is 11.6 Å². The van der Waals surface area contributed by atoms with E-state index in [1.54, 1.807) is 60.7 Å². The van der Waals surface area contributed by atoms with Crippen molar-refractivity contribution in [1.29, 1.82) is 0 Å². The zero-order chi connectivity index (χ0) is 19.7. The summed E-state index contributed by atoms with van der Waals surface area (Å²) in [6.45, 7) is 0. The minimum absolute atomic E-state index is 0.00489. The summed E-state index contributed by atoms with van der Waals surface area (Å²) in [6, 6.07) is 16.3. The summed E-state index contributed by atoms with van der Waals surface area (Å²) in [6.07, 6.45) is 3.06. The molecule has 28 heavy (non-hydrogen) atoms. The molecule has 0 unspecified atom stereocenters. The van der Waals surface area contributed by atoms with Crippen LogP contribution in [0.1, 0.15) is 31.8 Å². The maximum atomic E-state index is 12.9. The van der Waals surface area contributed by atoms with Crippen molar-refractivity contribution in [2.45, 2.75) is 0 Å². The smallest absolute Gasteiger partial charge is 0.277 e. The number of rotatable bonds is 3. The highest BCUT2D eigenvalue weighted by atomic mass is 35.5. The van der Waals surface area contributed by atoms with Crippen molar-refractivity contribution in [3.05, 3.63) is 106 Å². The minimum atomic E-state index is -0.549. The summed E-state index contributed by atoms with van der Waals surface area (Å²) in [4.78, 5) is 33.8. The van der Waals surface area contributed by atoms with Crippen LogP contribution in [0.4, 0.5) is 0 Å². The van der Waals surface area contributed by atoms with Crippen LogP contribution in [0.25, 0.3) is 5.76 Å². The maximum Gasteiger partial charge on any atom is 0.277 e. The number of halogens is 1. The number of aliphatic hydroxyl groups is 1. The first-order valence-electron chi connectivity index (χ1n) is 8.43. The lowest BCUT2D eigenvalue weighted by Gasteiger charge is -2.08. The third-order valence-electron chi connectivity index (χ3n) is 4.39. The van der Waals surface area contributed by atoms with Gasteiger partial charge in [0.2, 0.25) is 0 Å². The van der Waals surface area contributed by atoms with Gasteiger partial charge in [-0.1, -0.05) is 35.9 Å². The zero-order valence-electron chi connectivity index (χ0n) is 14.5. The topological polar surface area (TPSA) is 79.6 Å². The van der Waals surface area contributed by atoms with Gasteiger partial charge in [0.1, 0.15) is 5.76 Å². The van der Waals surface area contributed by atoms with Gasteiger partial charge in [-0.15, -0.1) is 0 Å². The molecule has 1 N–H and O–H groups in total. The monoisotopic (exact) mass is 388 g/mol. The number of Topliss-reactive ketones (excluding diaryl/α,β-unsaturated/α-hetero) is 1. The molecule has 4 rings (SSSR count). The van der Waals surface area contributed by atoms with Crippen LogP contribution in [-0.2, 0) is 0 Å². The predicted molar refractivity (Wildman–Crippen MR) is 107 cm³/mol. The average Bonchev–Trinajstić information content (AvgIpc) is 2.98. The van der Waals surface area contributed by atoms with Gasteiger partial charge in [0.15, 0.2) is 5.78 Å². The van der Waals surface area contributed by atoms with E-state index in [1.165, 1.54) is 12.4 Å². The Morgan fingerprint density at radius 2 is 1.54 bits per heavy atom. The molecule has 1 aliphatic carbocycles. The van der Waals surface area contributed by atoms with E-state index in [0.717, 1.165) is 0 Å². The van der Waals surface area contributed by atoms with Gasteiger partial charge in [-0.2, -0.15) is 0 Å². The molecule has 1 aromatic heterocycles. The Morgan fingerprint density at radius 3 is 2.18 bits per heavy atom. The van der Waals surface area contributed by atoms with Crippen molar-refractivity contribution >= 4 is 34.8 Å². The second-order valence-electron chi connectivity index (χ2n) is 6.11. The van der Waals surface area contributed by atoms with Gasteiger partial charge in [-0.25, -0.2) is 4.99 Å². The third kappa shape index (κ3) is 3.12.